The molecule has 2 amide bonds. The number of rotatable bonds is 6. The SMILES string of the molecule is O=C1C[C@H](C(=O)N(Cc2nnc(-c3ccccc3Cl)o2)C2CC2)CN1c1ccc2c(c1)OCCO2. The normalized spacial score (nSPS) is 19.2. The lowest BCUT2D eigenvalue weighted by Gasteiger charge is -2.25. The molecule has 9 nitrogen and oxygen atoms in total. The summed E-state index contributed by atoms with van der Waals surface area (Å²) in [5.41, 5.74) is 1.35. The van der Waals surface area contributed by atoms with Crippen LogP contribution in [0.1, 0.15) is 25.2 Å². The van der Waals surface area contributed by atoms with E-state index in [0.29, 0.717) is 59.3 Å². The fourth-order valence-electron chi connectivity index (χ4n) is 4.54. The number of carbonyl (C=O) groups excluding carboxylic acids is 2. The topological polar surface area (TPSA) is 98.0 Å². The summed E-state index contributed by atoms with van der Waals surface area (Å²) in [5.74, 6) is 1.33. The fourth-order valence-corrected chi connectivity index (χ4v) is 4.75. The van der Waals surface area contributed by atoms with E-state index in [1.54, 1.807) is 34.1 Å². The van der Waals surface area contributed by atoms with Crippen molar-refractivity contribution in [3.8, 4) is 23.0 Å². The number of hydrogen-bond donors (Lipinski definition) is 0. The van der Waals surface area contributed by atoms with Gasteiger partial charge < -0.3 is 23.7 Å². The molecular formula is C25H23ClN4O5. The Morgan fingerprint density at radius 2 is 1.89 bits per heavy atom. The van der Waals surface area contributed by atoms with E-state index in [9.17, 15) is 9.59 Å². The Balaban J connectivity index is 1.17. The van der Waals surface area contributed by atoms with Crippen LogP contribution in [-0.4, -0.2) is 52.7 Å². The smallest absolute Gasteiger partial charge is 0.249 e. The van der Waals surface area contributed by atoms with Gasteiger partial charge in [-0.1, -0.05) is 23.7 Å². The Morgan fingerprint density at radius 1 is 1.09 bits per heavy atom. The van der Waals surface area contributed by atoms with Gasteiger partial charge in [0, 0.05) is 30.8 Å². The van der Waals surface area contributed by atoms with Crippen molar-refractivity contribution in [3.05, 3.63) is 53.4 Å². The minimum Gasteiger partial charge on any atom is -0.486 e. The monoisotopic (exact) mass is 494 g/mol. The van der Waals surface area contributed by atoms with Gasteiger partial charge >= 0.3 is 0 Å². The van der Waals surface area contributed by atoms with Crippen molar-refractivity contribution < 1.29 is 23.5 Å². The second-order valence-electron chi connectivity index (χ2n) is 8.91. The summed E-state index contributed by atoms with van der Waals surface area (Å²) < 4.78 is 17.1. The minimum atomic E-state index is -0.442. The Kier molecular flexibility index (Phi) is 5.56. The number of benzene rings is 2. The molecular weight excluding hydrogens is 472 g/mol. The summed E-state index contributed by atoms with van der Waals surface area (Å²) in [6.45, 7) is 1.49. The van der Waals surface area contributed by atoms with E-state index in [0.717, 1.165) is 12.8 Å². The third kappa shape index (κ3) is 4.32. The molecule has 2 aromatic carbocycles. The van der Waals surface area contributed by atoms with Crippen LogP contribution in [0.25, 0.3) is 11.5 Å². The van der Waals surface area contributed by atoms with E-state index in [1.165, 1.54) is 0 Å². The van der Waals surface area contributed by atoms with Crippen LogP contribution in [0.5, 0.6) is 11.5 Å². The van der Waals surface area contributed by atoms with E-state index in [1.807, 2.05) is 18.2 Å². The minimum absolute atomic E-state index is 0.0709. The summed E-state index contributed by atoms with van der Waals surface area (Å²) in [5, 5.41) is 8.77. The molecule has 2 aliphatic heterocycles. The summed E-state index contributed by atoms with van der Waals surface area (Å²) in [6, 6.07) is 12.8. The largest absolute Gasteiger partial charge is 0.486 e. The van der Waals surface area contributed by atoms with Crippen LogP contribution in [0.2, 0.25) is 5.02 Å². The van der Waals surface area contributed by atoms with Crippen molar-refractivity contribution in [2.75, 3.05) is 24.7 Å². The highest BCUT2D eigenvalue weighted by Gasteiger charge is 2.42. The number of ether oxygens (including phenoxy) is 2. The second-order valence-corrected chi connectivity index (χ2v) is 9.32. The molecule has 1 aromatic heterocycles. The number of nitrogens with zero attached hydrogens (tertiary/aromatic N) is 4. The maximum atomic E-state index is 13.5. The number of aromatic nitrogens is 2. The predicted octanol–water partition coefficient (Wildman–Crippen LogP) is 3.71. The lowest BCUT2D eigenvalue weighted by atomic mass is 10.1. The van der Waals surface area contributed by atoms with Crippen molar-refractivity contribution in [2.45, 2.75) is 31.8 Å². The quantitative estimate of drug-likeness (QED) is 0.515. The van der Waals surface area contributed by atoms with Gasteiger partial charge in [0.15, 0.2) is 11.5 Å². The number of carbonyl (C=O) groups is 2. The van der Waals surface area contributed by atoms with Gasteiger partial charge in [0.25, 0.3) is 0 Å². The molecule has 0 radical (unpaired) electrons. The van der Waals surface area contributed by atoms with Crippen molar-refractivity contribution >= 4 is 29.1 Å². The number of halogens is 1. The predicted molar refractivity (Wildman–Crippen MR) is 126 cm³/mol. The van der Waals surface area contributed by atoms with E-state index in [4.69, 9.17) is 25.5 Å². The number of fused-ring (bicyclic) bond motifs is 1. The molecule has 180 valence electrons. The fraction of sp³-hybridized carbons (Fsp3) is 0.360. The van der Waals surface area contributed by atoms with E-state index in [-0.39, 0.29) is 30.8 Å². The highest BCUT2D eigenvalue weighted by atomic mass is 35.5. The molecule has 0 bridgehead atoms. The maximum absolute atomic E-state index is 13.5. The lowest BCUT2D eigenvalue weighted by molar-refractivity contribution is -0.137. The van der Waals surface area contributed by atoms with Crippen LogP contribution in [0.3, 0.4) is 0 Å². The second kappa shape index (κ2) is 8.88. The molecule has 0 unspecified atom stereocenters. The molecule has 0 N–H and O–H groups in total. The third-order valence-electron chi connectivity index (χ3n) is 6.46. The van der Waals surface area contributed by atoms with Crippen molar-refractivity contribution in [1.29, 1.82) is 0 Å². The Hall–Kier alpha value is -3.59. The van der Waals surface area contributed by atoms with Gasteiger partial charge in [-0.3, -0.25) is 9.59 Å². The van der Waals surface area contributed by atoms with E-state index in [2.05, 4.69) is 10.2 Å². The highest BCUT2D eigenvalue weighted by molar-refractivity contribution is 6.33. The first-order valence-corrected chi connectivity index (χ1v) is 12.0. The molecule has 3 aliphatic rings. The molecule has 1 aliphatic carbocycles. The summed E-state index contributed by atoms with van der Waals surface area (Å²) in [6.07, 6.45) is 2.00. The summed E-state index contributed by atoms with van der Waals surface area (Å²) in [4.78, 5) is 29.8. The zero-order chi connectivity index (χ0) is 23.9. The van der Waals surface area contributed by atoms with Crippen LogP contribution in [0, 0.1) is 5.92 Å². The van der Waals surface area contributed by atoms with Gasteiger partial charge in [-0.25, -0.2) is 0 Å². The van der Waals surface area contributed by atoms with Gasteiger partial charge in [0.05, 0.1) is 23.0 Å². The number of anilines is 1. The Labute approximate surface area is 206 Å². The summed E-state index contributed by atoms with van der Waals surface area (Å²) >= 11 is 6.24. The van der Waals surface area contributed by atoms with Crippen LogP contribution in [0.15, 0.2) is 46.9 Å². The molecule has 10 heteroatoms. The van der Waals surface area contributed by atoms with Gasteiger partial charge in [-0.05, 0) is 37.1 Å². The molecule has 2 fully saturated rings. The van der Waals surface area contributed by atoms with Gasteiger partial charge in [-0.2, -0.15) is 0 Å². The average molecular weight is 495 g/mol. The zero-order valence-electron chi connectivity index (χ0n) is 18.9. The first-order chi connectivity index (χ1) is 17.1. The highest BCUT2D eigenvalue weighted by Crippen LogP contribution is 2.37. The van der Waals surface area contributed by atoms with Crippen molar-refractivity contribution in [3.63, 3.8) is 0 Å². The molecule has 6 rings (SSSR count). The van der Waals surface area contributed by atoms with E-state index >= 15 is 0 Å². The zero-order valence-corrected chi connectivity index (χ0v) is 19.6. The maximum Gasteiger partial charge on any atom is 0.249 e. The van der Waals surface area contributed by atoms with Crippen molar-refractivity contribution in [2.24, 2.45) is 5.92 Å². The first-order valence-electron chi connectivity index (χ1n) is 11.6. The molecule has 1 saturated heterocycles. The molecule has 1 saturated carbocycles. The molecule has 0 spiro atoms. The van der Waals surface area contributed by atoms with Crippen LogP contribution < -0.4 is 14.4 Å². The van der Waals surface area contributed by atoms with Crippen LogP contribution >= 0.6 is 11.6 Å². The first kappa shape index (κ1) is 21.9. The number of hydrogen-bond acceptors (Lipinski definition) is 7. The Bertz CT molecular complexity index is 1290. The van der Waals surface area contributed by atoms with E-state index < -0.39 is 5.92 Å². The van der Waals surface area contributed by atoms with Crippen LogP contribution in [0.4, 0.5) is 5.69 Å². The Morgan fingerprint density at radius 3 is 2.69 bits per heavy atom. The van der Waals surface area contributed by atoms with Gasteiger partial charge in [0.2, 0.25) is 23.6 Å². The third-order valence-corrected chi connectivity index (χ3v) is 6.79. The van der Waals surface area contributed by atoms with Gasteiger partial charge in [-0.15, -0.1) is 10.2 Å². The molecule has 3 heterocycles. The van der Waals surface area contributed by atoms with Gasteiger partial charge in [0.1, 0.15) is 13.2 Å². The average Bonchev–Trinajstić information content (AvgIpc) is 3.49. The standard InChI is InChI=1S/C25H23ClN4O5/c26-19-4-2-1-3-18(19)24-28-27-22(35-24)14-30(16-5-6-16)25(32)15-11-23(31)29(13-15)17-7-8-20-21(12-17)34-10-9-33-20/h1-4,7-8,12,15-16H,5-6,9-11,13-14H2/t15-/m0/s1. The molecule has 1 atom stereocenters. The molecule has 3 aromatic rings. The summed E-state index contributed by atoms with van der Waals surface area (Å²) in [7, 11) is 0. The van der Waals surface area contributed by atoms with Crippen LogP contribution in [-0.2, 0) is 16.1 Å². The van der Waals surface area contributed by atoms with Crippen molar-refractivity contribution in [1.82, 2.24) is 15.1 Å². The number of amides is 2. The lowest BCUT2D eigenvalue weighted by Crippen LogP contribution is -2.38. The molecule has 35 heavy (non-hydrogen) atoms.